The second-order valence-corrected chi connectivity index (χ2v) is 6.37. The Bertz CT molecular complexity index is 660. The Balaban J connectivity index is 1.46. The Labute approximate surface area is 142 Å². The molecule has 2 heterocycles. The van der Waals surface area contributed by atoms with Gasteiger partial charge in [0.05, 0.1) is 17.9 Å². The molecule has 1 saturated heterocycles. The molecule has 5 nitrogen and oxygen atoms in total. The van der Waals surface area contributed by atoms with Gasteiger partial charge >= 0.3 is 0 Å². The molecule has 1 aromatic carbocycles. The van der Waals surface area contributed by atoms with E-state index in [1.165, 1.54) is 6.26 Å². The lowest BCUT2D eigenvalue weighted by molar-refractivity contribution is 0.0827. The van der Waals surface area contributed by atoms with Crippen molar-refractivity contribution in [2.45, 2.75) is 31.9 Å². The molecule has 1 fully saturated rings. The number of nitrogens with one attached hydrogen (secondary N) is 1. The maximum atomic E-state index is 12.2. The van der Waals surface area contributed by atoms with Crippen molar-refractivity contribution in [3.05, 3.63) is 59.5 Å². The molecule has 128 valence electrons. The van der Waals surface area contributed by atoms with Crippen molar-refractivity contribution in [2.75, 3.05) is 19.6 Å². The molecule has 1 unspecified atom stereocenters. The maximum Gasteiger partial charge on any atom is 0.255 e. The lowest BCUT2D eigenvalue weighted by Crippen LogP contribution is -2.45. The second kappa shape index (κ2) is 7.64. The summed E-state index contributed by atoms with van der Waals surface area (Å²) >= 11 is 0. The lowest BCUT2D eigenvalue weighted by Gasteiger charge is -2.33. The van der Waals surface area contributed by atoms with Gasteiger partial charge in [0.1, 0.15) is 5.76 Å². The standard InChI is InChI=1S/C19H24N2O3/c1-14-17(9-12-24-14)19(23)20-16-7-10-21(11-8-16)13-18(22)15-5-3-2-4-6-15/h2-6,9,12,16,18,22H,7-8,10-11,13H2,1H3,(H,20,23). The molecule has 0 radical (unpaired) electrons. The third-order valence-corrected chi connectivity index (χ3v) is 4.64. The van der Waals surface area contributed by atoms with Gasteiger partial charge in [0.25, 0.3) is 5.91 Å². The van der Waals surface area contributed by atoms with Gasteiger partial charge in [-0.05, 0) is 31.4 Å². The third kappa shape index (κ3) is 4.04. The van der Waals surface area contributed by atoms with E-state index in [0.29, 0.717) is 17.9 Å². The highest BCUT2D eigenvalue weighted by Crippen LogP contribution is 2.18. The van der Waals surface area contributed by atoms with Crippen molar-refractivity contribution < 1.29 is 14.3 Å². The number of furan rings is 1. The Morgan fingerprint density at radius 1 is 1.29 bits per heavy atom. The van der Waals surface area contributed by atoms with Crippen LogP contribution >= 0.6 is 0 Å². The first-order chi connectivity index (χ1) is 11.6. The van der Waals surface area contributed by atoms with E-state index in [1.807, 2.05) is 30.3 Å². The van der Waals surface area contributed by atoms with Gasteiger partial charge in [-0.3, -0.25) is 4.79 Å². The van der Waals surface area contributed by atoms with Crippen molar-refractivity contribution in [1.29, 1.82) is 0 Å². The number of hydrogen-bond acceptors (Lipinski definition) is 4. The predicted octanol–water partition coefficient (Wildman–Crippen LogP) is 2.52. The molecule has 24 heavy (non-hydrogen) atoms. The summed E-state index contributed by atoms with van der Waals surface area (Å²) in [6.45, 7) is 4.17. The largest absolute Gasteiger partial charge is 0.469 e. The lowest BCUT2D eigenvalue weighted by atomic mass is 10.0. The summed E-state index contributed by atoms with van der Waals surface area (Å²) in [4.78, 5) is 14.5. The first kappa shape index (κ1) is 16.7. The van der Waals surface area contributed by atoms with E-state index in [9.17, 15) is 9.90 Å². The molecule has 3 rings (SSSR count). The number of piperidine rings is 1. The predicted molar refractivity (Wildman–Crippen MR) is 91.8 cm³/mol. The number of rotatable bonds is 5. The minimum Gasteiger partial charge on any atom is -0.469 e. The monoisotopic (exact) mass is 328 g/mol. The fourth-order valence-electron chi connectivity index (χ4n) is 3.17. The van der Waals surface area contributed by atoms with Crippen molar-refractivity contribution >= 4 is 5.91 Å². The molecule has 1 aliphatic heterocycles. The molecular weight excluding hydrogens is 304 g/mol. The topological polar surface area (TPSA) is 65.7 Å². The van der Waals surface area contributed by atoms with Crippen LogP contribution in [0.5, 0.6) is 0 Å². The summed E-state index contributed by atoms with van der Waals surface area (Å²) in [7, 11) is 0. The fraction of sp³-hybridized carbons (Fsp3) is 0.421. The first-order valence-electron chi connectivity index (χ1n) is 8.44. The number of aryl methyl sites for hydroxylation is 1. The summed E-state index contributed by atoms with van der Waals surface area (Å²) < 4.78 is 5.18. The zero-order chi connectivity index (χ0) is 16.9. The summed E-state index contributed by atoms with van der Waals surface area (Å²) in [6.07, 6.45) is 2.86. The SMILES string of the molecule is Cc1occc1C(=O)NC1CCN(CC(O)c2ccccc2)CC1. The van der Waals surface area contributed by atoms with Gasteiger partial charge in [-0.15, -0.1) is 0 Å². The van der Waals surface area contributed by atoms with Crippen LogP contribution in [-0.2, 0) is 0 Å². The molecule has 2 N–H and O–H groups in total. The molecule has 5 heteroatoms. The van der Waals surface area contributed by atoms with E-state index >= 15 is 0 Å². The van der Waals surface area contributed by atoms with Crippen molar-refractivity contribution in [1.82, 2.24) is 10.2 Å². The van der Waals surface area contributed by atoms with E-state index in [1.54, 1.807) is 13.0 Å². The van der Waals surface area contributed by atoms with Crippen LogP contribution in [0.25, 0.3) is 0 Å². The van der Waals surface area contributed by atoms with Gasteiger partial charge in [0, 0.05) is 25.7 Å². The van der Waals surface area contributed by atoms with Crippen molar-refractivity contribution in [2.24, 2.45) is 0 Å². The summed E-state index contributed by atoms with van der Waals surface area (Å²) in [5.41, 5.74) is 1.56. The van der Waals surface area contributed by atoms with E-state index < -0.39 is 6.10 Å². The van der Waals surface area contributed by atoms with Crippen molar-refractivity contribution in [3.8, 4) is 0 Å². The zero-order valence-corrected chi connectivity index (χ0v) is 13.9. The Morgan fingerprint density at radius 3 is 2.62 bits per heavy atom. The van der Waals surface area contributed by atoms with Crippen LogP contribution < -0.4 is 5.32 Å². The normalized spacial score (nSPS) is 17.6. The highest BCUT2D eigenvalue weighted by molar-refractivity contribution is 5.95. The minimum atomic E-state index is -0.467. The number of carbonyl (C=O) groups excluding carboxylic acids is 1. The second-order valence-electron chi connectivity index (χ2n) is 6.37. The van der Waals surface area contributed by atoms with E-state index in [4.69, 9.17) is 4.42 Å². The van der Waals surface area contributed by atoms with Gasteiger partial charge in [0.2, 0.25) is 0 Å². The molecule has 0 aliphatic carbocycles. The highest BCUT2D eigenvalue weighted by Gasteiger charge is 2.23. The molecule has 1 atom stereocenters. The fourth-order valence-corrected chi connectivity index (χ4v) is 3.17. The van der Waals surface area contributed by atoms with Crippen molar-refractivity contribution in [3.63, 3.8) is 0 Å². The van der Waals surface area contributed by atoms with Gasteiger partial charge in [-0.2, -0.15) is 0 Å². The van der Waals surface area contributed by atoms with Gasteiger partial charge in [-0.25, -0.2) is 0 Å². The van der Waals surface area contributed by atoms with E-state index in [0.717, 1.165) is 31.5 Å². The average molecular weight is 328 g/mol. The number of aliphatic hydroxyl groups is 1. The number of carbonyl (C=O) groups is 1. The number of hydrogen-bond donors (Lipinski definition) is 2. The van der Waals surface area contributed by atoms with Gasteiger partial charge < -0.3 is 19.7 Å². The van der Waals surface area contributed by atoms with Crippen LogP contribution in [0.4, 0.5) is 0 Å². The molecule has 0 spiro atoms. The summed E-state index contributed by atoms with van der Waals surface area (Å²) in [5, 5.41) is 13.4. The van der Waals surface area contributed by atoms with Crippen LogP contribution in [0, 0.1) is 6.92 Å². The number of amides is 1. The number of β-amino-alcohol motifs (C(OH)–C–C–N with tert-alkyl or cyclic N) is 1. The highest BCUT2D eigenvalue weighted by atomic mass is 16.3. The maximum absolute atomic E-state index is 12.2. The minimum absolute atomic E-state index is 0.0657. The average Bonchev–Trinajstić information content (AvgIpc) is 3.03. The molecular formula is C19H24N2O3. The van der Waals surface area contributed by atoms with E-state index in [2.05, 4.69) is 10.2 Å². The molecule has 1 aromatic heterocycles. The molecule has 0 bridgehead atoms. The molecule has 2 aromatic rings. The third-order valence-electron chi connectivity index (χ3n) is 4.64. The van der Waals surface area contributed by atoms with Gasteiger partial charge in [0.15, 0.2) is 0 Å². The number of nitrogens with zero attached hydrogens (tertiary/aromatic N) is 1. The Kier molecular flexibility index (Phi) is 5.33. The quantitative estimate of drug-likeness (QED) is 0.885. The Morgan fingerprint density at radius 2 is 2.00 bits per heavy atom. The smallest absolute Gasteiger partial charge is 0.255 e. The molecule has 1 aliphatic rings. The summed E-state index contributed by atoms with van der Waals surface area (Å²) in [6, 6.07) is 11.6. The summed E-state index contributed by atoms with van der Waals surface area (Å²) in [5.74, 6) is 0.583. The van der Waals surface area contributed by atoms with Crippen LogP contribution in [0.1, 0.15) is 40.6 Å². The van der Waals surface area contributed by atoms with Crippen LogP contribution in [-0.4, -0.2) is 41.6 Å². The van der Waals surface area contributed by atoms with Crippen LogP contribution in [0.3, 0.4) is 0 Å². The number of aliphatic hydroxyl groups excluding tert-OH is 1. The zero-order valence-electron chi connectivity index (χ0n) is 13.9. The molecule has 0 saturated carbocycles. The first-order valence-corrected chi connectivity index (χ1v) is 8.44. The van der Waals surface area contributed by atoms with Crippen LogP contribution in [0.2, 0.25) is 0 Å². The number of benzene rings is 1. The Hall–Kier alpha value is -2.11. The molecule has 1 amide bonds. The number of likely N-dealkylation sites (tertiary alicyclic amines) is 1. The van der Waals surface area contributed by atoms with E-state index in [-0.39, 0.29) is 11.9 Å². The van der Waals surface area contributed by atoms with Crippen LogP contribution in [0.15, 0.2) is 47.1 Å². The van der Waals surface area contributed by atoms with Gasteiger partial charge in [-0.1, -0.05) is 30.3 Å².